The van der Waals surface area contributed by atoms with Crippen molar-refractivity contribution in [1.29, 1.82) is 0 Å². The third-order valence-electron chi connectivity index (χ3n) is 3.49. The molecule has 4 N–H and O–H groups in total. The first-order valence-electron chi connectivity index (χ1n) is 7.91. The Morgan fingerprint density at radius 1 is 1.26 bits per heavy atom. The summed E-state index contributed by atoms with van der Waals surface area (Å²) in [5.41, 5.74) is 5.45. The van der Waals surface area contributed by atoms with Crippen LogP contribution in [-0.4, -0.2) is 72.1 Å². The molecule has 0 aromatic carbocycles. The number of nitrogens with one attached hydrogen (secondary N) is 2. The number of ketones is 3. The lowest BCUT2D eigenvalue weighted by atomic mass is 10.1. The minimum Gasteiger partial charge on any atom is -0.324 e. The largest absolute Gasteiger partial charge is 0.324 e. The lowest BCUT2D eigenvalue weighted by molar-refractivity contribution is -0.121. The molecule has 1 rings (SSSR count). The maximum absolute atomic E-state index is 12.4. The van der Waals surface area contributed by atoms with Crippen molar-refractivity contribution >= 4 is 40.9 Å². The zero-order valence-corrected chi connectivity index (χ0v) is 15.3. The van der Waals surface area contributed by atoms with Crippen molar-refractivity contribution < 1.29 is 14.4 Å². The first-order chi connectivity index (χ1) is 11.0. The molecule has 23 heavy (non-hydrogen) atoms. The second kappa shape index (κ2) is 12.0. The van der Waals surface area contributed by atoms with Gasteiger partial charge in [-0.15, -0.1) is 0 Å². The number of carbonyl (C=O) groups is 3. The van der Waals surface area contributed by atoms with E-state index < -0.39 is 0 Å². The fourth-order valence-corrected chi connectivity index (χ4v) is 4.33. The van der Waals surface area contributed by atoms with Gasteiger partial charge in [0, 0.05) is 11.5 Å². The summed E-state index contributed by atoms with van der Waals surface area (Å²) in [6.45, 7) is 1.79. The maximum atomic E-state index is 12.4. The first-order valence-corrected chi connectivity index (χ1v) is 10.2. The molecule has 0 aromatic rings. The van der Waals surface area contributed by atoms with Crippen LogP contribution in [0.1, 0.15) is 19.8 Å². The SMILES string of the molecule is CC(=O)CNC1CSCCCCSCC(C(=O)CN)NCC1=O. The Morgan fingerprint density at radius 2 is 1.91 bits per heavy atom. The molecule has 1 saturated heterocycles. The molecule has 132 valence electrons. The molecule has 1 aliphatic rings. The summed E-state index contributed by atoms with van der Waals surface area (Å²) in [4.78, 5) is 35.4. The van der Waals surface area contributed by atoms with E-state index in [9.17, 15) is 14.4 Å². The third kappa shape index (κ3) is 8.85. The summed E-state index contributed by atoms with van der Waals surface area (Å²) in [7, 11) is 0. The van der Waals surface area contributed by atoms with Crippen LogP contribution in [0.15, 0.2) is 0 Å². The molecule has 0 aromatic heterocycles. The van der Waals surface area contributed by atoms with Crippen molar-refractivity contribution in [2.24, 2.45) is 5.73 Å². The van der Waals surface area contributed by atoms with Crippen LogP contribution < -0.4 is 16.4 Å². The highest BCUT2D eigenvalue weighted by Crippen LogP contribution is 2.13. The van der Waals surface area contributed by atoms with E-state index in [1.165, 1.54) is 6.92 Å². The van der Waals surface area contributed by atoms with Gasteiger partial charge in [-0.05, 0) is 31.3 Å². The Kier molecular flexibility index (Phi) is 10.8. The monoisotopic (exact) mass is 361 g/mol. The standard InChI is InChI=1S/C15H27N3O3S2/c1-11(19)7-17-13-10-23-5-3-2-4-22-9-12(14(20)6-16)18-8-15(13)21/h12-13,17-18H,2-10,16H2,1H3. The molecule has 2 atom stereocenters. The molecule has 1 heterocycles. The number of thioether (sulfide) groups is 2. The van der Waals surface area contributed by atoms with Crippen LogP contribution in [0.2, 0.25) is 0 Å². The molecule has 0 bridgehead atoms. The summed E-state index contributed by atoms with van der Waals surface area (Å²) < 4.78 is 0. The lowest BCUT2D eigenvalue weighted by Crippen LogP contribution is -2.49. The van der Waals surface area contributed by atoms with Gasteiger partial charge < -0.3 is 5.73 Å². The minimum absolute atomic E-state index is 0.00580. The molecule has 0 spiro atoms. The van der Waals surface area contributed by atoms with Crippen LogP contribution in [0, 0.1) is 0 Å². The van der Waals surface area contributed by atoms with E-state index in [4.69, 9.17) is 5.73 Å². The van der Waals surface area contributed by atoms with Gasteiger partial charge in [0.1, 0.15) is 5.78 Å². The van der Waals surface area contributed by atoms with Crippen LogP contribution >= 0.6 is 23.5 Å². The average Bonchev–Trinajstić information content (AvgIpc) is 2.54. The number of carbonyl (C=O) groups excluding carboxylic acids is 3. The Hall–Kier alpha value is -0.410. The number of hydrogen-bond acceptors (Lipinski definition) is 8. The zero-order valence-electron chi connectivity index (χ0n) is 13.6. The lowest BCUT2D eigenvalue weighted by Gasteiger charge is -2.19. The summed E-state index contributed by atoms with van der Waals surface area (Å²) in [6, 6.07) is -0.741. The van der Waals surface area contributed by atoms with Crippen LogP contribution in [0.4, 0.5) is 0 Å². The molecular weight excluding hydrogens is 334 g/mol. The fourth-order valence-electron chi connectivity index (χ4n) is 2.10. The molecular formula is C15H27N3O3S2. The van der Waals surface area contributed by atoms with Gasteiger partial charge >= 0.3 is 0 Å². The number of nitrogens with two attached hydrogens (primary N) is 1. The molecule has 2 unspecified atom stereocenters. The Morgan fingerprint density at radius 3 is 2.52 bits per heavy atom. The predicted octanol–water partition coefficient (Wildman–Crippen LogP) is -0.151. The summed E-state index contributed by atoms with van der Waals surface area (Å²) in [6.07, 6.45) is 2.19. The summed E-state index contributed by atoms with van der Waals surface area (Å²) in [5, 5.41) is 6.06. The highest BCUT2D eigenvalue weighted by Gasteiger charge is 2.22. The number of Topliss-reactive ketones (excluding diaryl/α,β-unsaturated/α-hetero) is 3. The van der Waals surface area contributed by atoms with E-state index >= 15 is 0 Å². The van der Waals surface area contributed by atoms with Gasteiger partial charge in [-0.25, -0.2) is 0 Å². The van der Waals surface area contributed by atoms with Crippen molar-refractivity contribution in [2.75, 3.05) is 42.6 Å². The Balaban J connectivity index is 2.66. The van der Waals surface area contributed by atoms with E-state index in [2.05, 4.69) is 10.6 Å². The van der Waals surface area contributed by atoms with Crippen LogP contribution in [0.3, 0.4) is 0 Å². The topological polar surface area (TPSA) is 101 Å². The van der Waals surface area contributed by atoms with Crippen molar-refractivity contribution in [3.8, 4) is 0 Å². The number of hydrogen-bond donors (Lipinski definition) is 3. The van der Waals surface area contributed by atoms with Gasteiger partial charge in [0.15, 0.2) is 11.6 Å². The highest BCUT2D eigenvalue weighted by atomic mass is 32.2. The van der Waals surface area contributed by atoms with E-state index in [0.717, 1.165) is 24.3 Å². The van der Waals surface area contributed by atoms with Gasteiger partial charge in [0.2, 0.25) is 0 Å². The smallest absolute Gasteiger partial charge is 0.164 e. The molecule has 6 nitrogen and oxygen atoms in total. The van der Waals surface area contributed by atoms with Gasteiger partial charge in [-0.3, -0.25) is 25.0 Å². The second-order valence-corrected chi connectivity index (χ2v) is 7.86. The first kappa shape index (κ1) is 20.6. The predicted molar refractivity (Wildman–Crippen MR) is 97.2 cm³/mol. The Bertz CT molecular complexity index is 407. The van der Waals surface area contributed by atoms with E-state index in [0.29, 0.717) is 11.5 Å². The molecule has 0 aliphatic carbocycles. The fraction of sp³-hybridized carbons (Fsp3) is 0.800. The van der Waals surface area contributed by atoms with Crippen molar-refractivity contribution in [1.82, 2.24) is 10.6 Å². The third-order valence-corrected chi connectivity index (χ3v) is 5.79. The van der Waals surface area contributed by atoms with Gasteiger partial charge in [0.25, 0.3) is 0 Å². The van der Waals surface area contributed by atoms with E-state index in [1.807, 2.05) is 0 Å². The summed E-state index contributed by atoms with van der Waals surface area (Å²) in [5.74, 6) is 3.23. The van der Waals surface area contributed by atoms with E-state index in [1.54, 1.807) is 23.5 Å². The average molecular weight is 362 g/mol. The van der Waals surface area contributed by atoms with Gasteiger partial charge in [0.05, 0.1) is 31.7 Å². The second-order valence-electron chi connectivity index (χ2n) is 5.56. The van der Waals surface area contributed by atoms with E-state index in [-0.39, 0.29) is 49.1 Å². The normalized spacial score (nSPS) is 25.0. The van der Waals surface area contributed by atoms with Crippen LogP contribution in [0.5, 0.6) is 0 Å². The van der Waals surface area contributed by atoms with Crippen LogP contribution in [0.25, 0.3) is 0 Å². The molecule has 1 aliphatic heterocycles. The molecule has 8 heteroatoms. The molecule has 0 saturated carbocycles. The number of rotatable bonds is 5. The minimum atomic E-state index is -0.379. The highest BCUT2D eigenvalue weighted by molar-refractivity contribution is 7.99. The molecule has 0 amide bonds. The van der Waals surface area contributed by atoms with Gasteiger partial charge in [-0.2, -0.15) is 23.5 Å². The summed E-state index contributed by atoms with van der Waals surface area (Å²) >= 11 is 3.45. The van der Waals surface area contributed by atoms with Crippen molar-refractivity contribution in [3.63, 3.8) is 0 Å². The molecule has 0 radical (unpaired) electrons. The van der Waals surface area contributed by atoms with Crippen molar-refractivity contribution in [2.45, 2.75) is 31.8 Å². The maximum Gasteiger partial charge on any atom is 0.164 e. The zero-order chi connectivity index (χ0) is 17.1. The quantitative estimate of drug-likeness (QED) is 0.621. The Labute approximate surface area is 146 Å². The van der Waals surface area contributed by atoms with Gasteiger partial charge in [-0.1, -0.05) is 0 Å². The van der Waals surface area contributed by atoms with Crippen LogP contribution in [-0.2, 0) is 14.4 Å². The molecule has 1 fully saturated rings. The van der Waals surface area contributed by atoms with Crippen molar-refractivity contribution in [3.05, 3.63) is 0 Å².